The highest BCUT2D eigenvalue weighted by atomic mass is 35.5. The van der Waals surface area contributed by atoms with E-state index in [0.717, 1.165) is 12.1 Å². The summed E-state index contributed by atoms with van der Waals surface area (Å²) in [7, 11) is -2.18. The Morgan fingerprint density at radius 3 is 2.30 bits per heavy atom. The second-order valence-electron chi connectivity index (χ2n) is 10.3. The molecule has 2 atom stereocenters. The van der Waals surface area contributed by atoms with E-state index < -0.39 is 43.8 Å². The molecule has 0 radical (unpaired) electrons. The van der Waals surface area contributed by atoms with Gasteiger partial charge in [-0.05, 0) is 81.6 Å². The SMILES string of the molecule is CC[C@H](N[S@@+]([O-])C(C)(C)C)c1cc(=O)n(C)cc1-c1cc(NS(=O)(=O)CC)c(Cl)cc1C(=O)c1ccc(F)cc1. The molecule has 3 rings (SSSR count). The molecule has 0 saturated heterocycles. The first-order valence-corrected chi connectivity index (χ1v) is 15.8. The molecule has 0 aliphatic carbocycles. The summed E-state index contributed by atoms with van der Waals surface area (Å²) in [6.07, 6.45) is 2.00. The van der Waals surface area contributed by atoms with Gasteiger partial charge in [0.2, 0.25) is 10.0 Å². The number of ketones is 1. The molecule has 0 amide bonds. The molecule has 0 aliphatic rings. The van der Waals surface area contributed by atoms with Gasteiger partial charge in [0.25, 0.3) is 5.56 Å². The van der Waals surface area contributed by atoms with Crippen molar-refractivity contribution in [3.63, 3.8) is 0 Å². The van der Waals surface area contributed by atoms with Crippen molar-refractivity contribution in [2.45, 2.75) is 51.8 Å². The molecule has 2 N–H and O–H groups in total. The number of hydrogen-bond donors (Lipinski definition) is 2. The second kappa shape index (κ2) is 12.4. The van der Waals surface area contributed by atoms with Crippen molar-refractivity contribution >= 4 is 44.5 Å². The smallest absolute Gasteiger partial charge is 0.250 e. The van der Waals surface area contributed by atoms with E-state index in [9.17, 15) is 27.0 Å². The Hall–Kier alpha value is -2.70. The van der Waals surface area contributed by atoms with Crippen LogP contribution in [0.2, 0.25) is 5.02 Å². The number of pyridine rings is 1. The highest BCUT2D eigenvalue weighted by molar-refractivity contribution is 7.92. The summed E-state index contributed by atoms with van der Waals surface area (Å²) >= 11 is 4.98. The maximum absolute atomic E-state index is 13.7. The molecule has 1 aromatic heterocycles. The minimum atomic E-state index is -3.73. The summed E-state index contributed by atoms with van der Waals surface area (Å²) in [4.78, 5) is 26.5. The van der Waals surface area contributed by atoms with Crippen LogP contribution in [0.25, 0.3) is 11.1 Å². The minimum absolute atomic E-state index is 0.0170. The van der Waals surface area contributed by atoms with Crippen molar-refractivity contribution in [2.24, 2.45) is 7.05 Å². The number of sulfonamides is 1. The quantitative estimate of drug-likeness (QED) is 0.236. The third-order valence-corrected chi connectivity index (χ3v) is 9.46. The first-order chi connectivity index (χ1) is 18.6. The molecule has 3 aromatic rings. The molecular formula is C28H33ClFN3O5S2. The molecule has 0 spiro atoms. The predicted molar refractivity (Wildman–Crippen MR) is 159 cm³/mol. The van der Waals surface area contributed by atoms with Crippen molar-refractivity contribution in [1.29, 1.82) is 0 Å². The van der Waals surface area contributed by atoms with Crippen LogP contribution in [0.4, 0.5) is 10.1 Å². The number of rotatable bonds is 10. The fourth-order valence-electron chi connectivity index (χ4n) is 3.89. The summed E-state index contributed by atoms with van der Waals surface area (Å²) < 4.78 is 57.7. The van der Waals surface area contributed by atoms with Gasteiger partial charge < -0.3 is 9.12 Å². The van der Waals surface area contributed by atoms with Crippen LogP contribution in [-0.2, 0) is 28.4 Å². The van der Waals surface area contributed by atoms with Crippen molar-refractivity contribution in [2.75, 3.05) is 10.5 Å². The van der Waals surface area contributed by atoms with E-state index in [2.05, 4.69) is 9.44 Å². The number of benzene rings is 2. The van der Waals surface area contributed by atoms with E-state index >= 15 is 0 Å². The van der Waals surface area contributed by atoms with Gasteiger partial charge in [0, 0.05) is 47.4 Å². The van der Waals surface area contributed by atoms with Gasteiger partial charge in [0.15, 0.2) is 5.78 Å². The van der Waals surface area contributed by atoms with Gasteiger partial charge in [-0.1, -0.05) is 18.5 Å². The van der Waals surface area contributed by atoms with Crippen LogP contribution in [-0.4, -0.2) is 33.8 Å². The maximum Gasteiger partial charge on any atom is 0.250 e. The Kier molecular flexibility index (Phi) is 9.90. The zero-order valence-corrected chi connectivity index (χ0v) is 25.6. The van der Waals surface area contributed by atoms with Crippen molar-refractivity contribution in [1.82, 2.24) is 9.29 Å². The number of anilines is 1. The minimum Gasteiger partial charge on any atom is -0.598 e. The van der Waals surface area contributed by atoms with Gasteiger partial charge in [0.05, 0.1) is 22.5 Å². The van der Waals surface area contributed by atoms with Gasteiger partial charge in [0.1, 0.15) is 10.6 Å². The lowest BCUT2D eigenvalue weighted by molar-refractivity contribution is 0.103. The third-order valence-electron chi connectivity index (χ3n) is 6.24. The maximum atomic E-state index is 13.7. The molecule has 40 heavy (non-hydrogen) atoms. The average Bonchev–Trinajstić information content (AvgIpc) is 2.89. The Bertz CT molecular complexity index is 1570. The summed E-state index contributed by atoms with van der Waals surface area (Å²) in [5, 5.41) is -0.0170. The van der Waals surface area contributed by atoms with Crippen LogP contribution in [0.3, 0.4) is 0 Å². The number of carbonyl (C=O) groups excluding carboxylic acids is 1. The summed E-state index contributed by atoms with van der Waals surface area (Å²) in [6.45, 7) is 8.79. The summed E-state index contributed by atoms with van der Waals surface area (Å²) in [6, 6.07) is 8.66. The fraction of sp³-hybridized carbons (Fsp3) is 0.357. The second-order valence-corrected chi connectivity index (χ2v) is 14.7. The summed E-state index contributed by atoms with van der Waals surface area (Å²) in [5.41, 5.74) is 1.23. The molecule has 8 nitrogen and oxygen atoms in total. The molecule has 1 heterocycles. The largest absolute Gasteiger partial charge is 0.598 e. The molecule has 0 aliphatic heterocycles. The van der Waals surface area contributed by atoms with Gasteiger partial charge in [-0.3, -0.25) is 14.3 Å². The van der Waals surface area contributed by atoms with Crippen LogP contribution in [0.1, 0.15) is 68.6 Å². The number of halogens is 2. The molecule has 12 heteroatoms. The fourth-order valence-corrected chi connectivity index (χ4v) is 5.71. The Balaban J connectivity index is 2.35. The van der Waals surface area contributed by atoms with Crippen molar-refractivity contribution in [3.8, 4) is 11.1 Å². The lowest BCUT2D eigenvalue weighted by atomic mass is 9.89. The number of carbonyl (C=O) groups is 1. The zero-order valence-electron chi connectivity index (χ0n) is 23.2. The van der Waals surface area contributed by atoms with E-state index in [4.69, 9.17) is 11.6 Å². The van der Waals surface area contributed by atoms with Crippen LogP contribution in [0.5, 0.6) is 0 Å². The average molecular weight is 610 g/mol. The van der Waals surface area contributed by atoms with Crippen molar-refractivity contribution in [3.05, 3.63) is 86.5 Å². The third kappa shape index (κ3) is 7.32. The van der Waals surface area contributed by atoms with E-state index in [-0.39, 0.29) is 33.1 Å². The Labute approximate surface area is 242 Å². The first-order valence-electron chi connectivity index (χ1n) is 12.6. The molecule has 0 fully saturated rings. The Morgan fingerprint density at radius 1 is 1.12 bits per heavy atom. The van der Waals surface area contributed by atoms with Crippen LogP contribution in [0.15, 0.2) is 53.5 Å². The van der Waals surface area contributed by atoms with E-state index in [1.54, 1.807) is 13.2 Å². The van der Waals surface area contributed by atoms with Gasteiger partial charge >= 0.3 is 0 Å². The van der Waals surface area contributed by atoms with Gasteiger partial charge in [-0.15, -0.1) is 4.72 Å². The highest BCUT2D eigenvalue weighted by Gasteiger charge is 2.31. The highest BCUT2D eigenvalue weighted by Crippen LogP contribution is 2.38. The number of nitrogens with one attached hydrogen (secondary N) is 2. The van der Waals surface area contributed by atoms with Crippen molar-refractivity contribution < 1.29 is 22.2 Å². The number of hydrogen-bond acceptors (Lipinski definition) is 6. The Morgan fingerprint density at radius 2 is 1.75 bits per heavy atom. The number of nitrogens with zero attached hydrogens (tertiary/aromatic N) is 1. The standard InChI is InChI=1S/C28H33ClFN3O5S2/c1-7-24(31-39(36)28(3,4)5)20-15-26(34)33(6)16-22(20)19-14-25(32-40(37,38)8-2)23(29)13-21(19)27(35)17-9-11-18(30)12-10-17/h9-16,24,31-32H,7-8H2,1-6H3/t24-,39-/m0/s1. The van der Waals surface area contributed by atoms with Crippen LogP contribution >= 0.6 is 11.6 Å². The van der Waals surface area contributed by atoms with E-state index in [1.165, 1.54) is 41.8 Å². The van der Waals surface area contributed by atoms with E-state index in [0.29, 0.717) is 23.1 Å². The van der Waals surface area contributed by atoms with Gasteiger partial charge in [-0.2, -0.15) is 0 Å². The van der Waals surface area contributed by atoms with Gasteiger partial charge in [-0.25, -0.2) is 12.8 Å². The number of aryl methyl sites for hydroxylation is 1. The lowest BCUT2D eigenvalue weighted by Crippen LogP contribution is -2.41. The predicted octanol–water partition coefficient (Wildman–Crippen LogP) is 5.34. The normalized spacial score (nSPS) is 13.6. The molecule has 0 unspecified atom stereocenters. The van der Waals surface area contributed by atoms with Crippen LogP contribution in [0, 0.1) is 5.82 Å². The molecule has 2 aromatic carbocycles. The van der Waals surface area contributed by atoms with Crippen LogP contribution < -0.4 is 15.0 Å². The van der Waals surface area contributed by atoms with E-state index in [1.807, 2.05) is 27.7 Å². The monoisotopic (exact) mass is 609 g/mol. The zero-order chi connectivity index (χ0) is 30.0. The first kappa shape index (κ1) is 31.8. The molecular weight excluding hydrogens is 577 g/mol. The number of aromatic nitrogens is 1. The molecule has 0 saturated carbocycles. The molecule has 0 bridgehead atoms. The topological polar surface area (TPSA) is 120 Å². The summed E-state index contributed by atoms with van der Waals surface area (Å²) in [5.74, 6) is -1.20. The molecule has 216 valence electrons. The lowest BCUT2D eigenvalue weighted by Gasteiger charge is -2.29.